The highest BCUT2D eigenvalue weighted by Gasteiger charge is 2.70. The van der Waals surface area contributed by atoms with E-state index in [0.717, 1.165) is 12.3 Å². The van der Waals surface area contributed by atoms with Gasteiger partial charge in [0, 0.05) is 12.3 Å². The number of fused-ring (bicyclic) bond motifs is 7. The summed E-state index contributed by atoms with van der Waals surface area (Å²) >= 11 is 0. The van der Waals surface area contributed by atoms with Crippen LogP contribution in [0.4, 0.5) is 0 Å². The Morgan fingerprint density at radius 3 is 2.23 bits per heavy atom. The summed E-state index contributed by atoms with van der Waals surface area (Å²) in [6, 6.07) is 0. The zero-order valence-electron chi connectivity index (χ0n) is 23.7. The van der Waals surface area contributed by atoms with E-state index in [0.29, 0.717) is 46.5 Å². The number of aliphatic hydroxyl groups is 1. The molecule has 0 aromatic carbocycles. The van der Waals surface area contributed by atoms with Gasteiger partial charge in [0.1, 0.15) is 0 Å². The topological polar surface area (TPSA) is 46.5 Å². The van der Waals surface area contributed by atoms with Crippen LogP contribution < -0.4 is 0 Å². The average molecular weight is 485 g/mol. The Bertz CT molecular complexity index is 891. The maximum atomic E-state index is 11.9. The molecule has 0 aliphatic heterocycles. The van der Waals surface area contributed by atoms with Crippen molar-refractivity contribution in [1.82, 2.24) is 0 Å². The molecular formula is C32H52O3. The molecule has 198 valence electrons. The monoisotopic (exact) mass is 484 g/mol. The molecule has 0 aromatic heterocycles. The maximum Gasteiger partial charge on any atom is 0.302 e. The standard InChI is InChI=1S/C32H52O3/c1-20(2)22-11-16-32(19-35-21(3)33)18-17-30(7)23(27(22)32)9-10-25-29(6)14-13-26(34)28(4,5)24(29)12-15-31(25,30)8/h22-27,34H,1,9-19H2,2-8H3/t22?,23-,24+,25-,26+,27-,29+,30-,31-,32-/m1/s1. The molecule has 1 N–H and O–H groups in total. The fourth-order valence-electron chi connectivity index (χ4n) is 11.8. The van der Waals surface area contributed by atoms with Crippen LogP contribution in [-0.4, -0.2) is 23.8 Å². The third-order valence-electron chi connectivity index (χ3n) is 13.8. The van der Waals surface area contributed by atoms with E-state index in [1.165, 1.54) is 63.4 Å². The van der Waals surface area contributed by atoms with Gasteiger partial charge in [0.15, 0.2) is 0 Å². The lowest BCUT2D eigenvalue weighted by molar-refractivity contribution is -0.249. The van der Waals surface area contributed by atoms with Crippen LogP contribution in [-0.2, 0) is 9.53 Å². The van der Waals surface area contributed by atoms with Gasteiger partial charge in [0.2, 0.25) is 0 Å². The first kappa shape index (κ1) is 25.8. The summed E-state index contributed by atoms with van der Waals surface area (Å²) in [5.41, 5.74) is 2.45. The van der Waals surface area contributed by atoms with Gasteiger partial charge in [0.25, 0.3) is 0 Å². The van der Waals surface area contributed by atoms with E-state index in [2.05, 4.69) is 48.1 Å². The van der Waals surface area contributed by atoms with Gasteiger partial charge in [-0.25, -0.2) is 0 Å². The van der Waals surface area contributed by atoms with E-state index in [4.69, 9.17) is 4.74 Å². The summed E-state index contributed by atoms with van der Waals surface area (Å²) in [5.74, 6) is 3.04. The second-order valence-electron chi connectivity index (χ2n) is 15.2. The Morgan fingerprint density at radius 2 is 1.57 bits per heavy atom. The Balaban J connectivity index is 1.53. The summed E-state index contributed by atoms with van der Waals surface area (Å²) < 4.78 is 5.79. The van der Waals surface area contributed by atoms with Crippen LogP contribution in [0.3, 0.4) is 0 Å². The van der Waals surface area contributed by atoms with E-state index in [9.17, 15) is 9.90 Å². The summed E-state index contributed by atoms with van der Waals surface area (Å²) in [7, 11) is 0. The lowest BCUT2D eigenvalue weighted by Crippen LogP contribution is -2.66. The van der Waals surface area contributed by atoms with Crippen molar-refractivity contribution in [2.24, 2.45) is 56.7 Å². The molecule has 5 saturated carbocycles. The van der Waals surface area contributed by atoms with Crippen LogP contribution in [0.15, 0.2) is 12.2 Å². The summed E-state index contributed by atoms with van der Waals surface area (Å²) in [4.78, 5) is 11.9. The fraction of sp³-hybridized carbons (Fsp3) is 0.906. The van der Waals surface area contributed by atoms with Gasteiger partial charge in [-0.1, -0.05) is 46.8 Å². The Labute approximate surface area is 214 Å². The molecule has 5 fully saturated rings. The fourth-order valence-corrected chi connectivity index (χ4v) is 11.8. The van der Waals surface area contributed by atoms with Crippen molar-refractivity contribution in [2.45, 2.75) is 119 Å². The zero-order valence-corrected chi connectivity index (χ0v) is 23.7. The number of hydrogen-bond acceptors (Lipinski definition) is 3. The number of rotatable bonds is 3. The number of allylic oxidation sites excluding steroid dienone is 1. The normalized spacial score (nSPS) is 52.5. The van der Waals surface area contributed by atoms with Crippen molar-refractivity contribution >= 4 is 5.97 Å². The molecule has 5 rings (SSSR count). The van der Waals surface area contributed by atoms with Gasteiger partial charge in [-0.3, -0.25) is 4.79 Å². The van der Waals surface area contributed by atoms with Crippen molar-refractivity contribution in [3.05, 3.63) is 12.2 Å². The SMILES string of the molecule is C=C(C)C1CC[C@]2(COC(C)=O)CC[C@]3(C)[C@H](CC[C@@H]4[C@@]5(C)CC[C@H](O)C(C)(C)[C@@H]5CC[C@]43C)[C@@H]12. The van der Waals surface area contributed by atoms with E-state index in [1.807, 2.05) is 0 Å². The van der Waals surface area contributed by atoms with E-state index in [-0.39, 0.29) is 22.9 Å². The second kappa shape index (κ2) is 8.08. The molecule has 0 bridgehead atoms. The van der Waals surface area contributed by atoms with Crippen molar-refractivity contribution in [3.8, 4) is 0 Å². The number of ether oxygens (including phenoxy) is 1. The number of carbonyl (C=O) groups excluding carboxylic acids is 1. The molecular weight excluding hydrogens is 432 g/mol. The molecule has 0 spiro atoms. The van der Waals surface area contributed by atoms with Gasteiger partial charge < -0.3 is 9.84 Å². The molecule has 10 atom stereocenters. The Morgan fingerprint density at radius 1 is 0.857 bits per heavy atom. The molecule has 0 amide bonds. The second-order valence-corrected chi connectivity index (χ2v) is 15.2. The minimum Gasteiger partial charge on any atom is -0.465 e. The lowest BCUT2D eigenvalue weighted by Gasteiger charge is -2.73. The first-order valence-electron chi connectivity index (χ1n) is 14.7. The predicted molar refractivity (Wildman–Crippen MR) is 142 cm³/mol. The van der Waals surface area contributed by atoms with E-state index in [1.54, 1.807) is 6.92 Å². The molecule has 0 radical (unpaired) electrons. The van der Waals surface area contributed by atoms with Crippen molar-refractivity contribution < 1.29 is 14.6 Å². The van der Waals surface area contributed by atoms with Gasteiger partial charge >= 0.3 is 5.97 Å². The zero-order chi connectivity index (χ0) is 25.6. The molecule has 5 aliphatic carbocycles. The van der Waals surface area contributed by atoms with Gasteiger partial charge in [-0.05, 0) is 122 Å². The molecule has 35 heavy (non-hydrogen) atoms. The lowest BCUT2D eigenvalue weighted by atomic mass is 9.32. The first-order chi connectivity index (χ1) is 16.2. The van der Waals surface area contributed by atoms with Crippen molar-refractivity contribution in [2.75, 3.05) is 6.61 Å². The van der Waals surface area contributed by atoms with Crippen molar-refractivity contribution in [3.63, 3.8) is 0 Å². The molecule has 3 nitrogen and oxygen atoms in total. The smallest absolute Gasteiger partial charge is 0.302 e. The highest BCUT2D eigenvalue weighted by Crippen LogP contribution is 2.77. The quantitative estimate of drug-likeness (QED) is 0.332. The highest BCUT2D eigenvalue weighted by atomic mass is 16.5. The summed E-state index contributed by atoms with van der Waals surface area (Å²) in [6.07, 6.45) is 12.0. The van der Waals surface area contributed by atoms with Crippen molar-refractivity contribution in [1.29, 1.82) is 0 Å². The predicted octanol–water partition coefficient (Wildman–Crippen LogP) is 7.57. The number of esters is 1. The Hall–Kier alpha value is -0.830. The third kappa shape index (κ3) is 3.34. The van der Waals surface area contributed by atoms with Crippen LogP contribution >= 0.6 is 0 Å². The molecule has 5 aliphatic rings. The molecule has 0 aromatic rings. The first-order valence-corrected chi connectivity index (χ1v) is 14.7. The third-order valence-corrected chi connectivity index (χ3v) is 13.8. The van der Waals surface area contributed by atoms with Crippen LogP contribution in [0.5, 0.6) is 0 Å². The Kier molecular flexibility index (Phi) is 5.96. The maximum absolute atomic E-state index is 11.9. The molecule has 1 unspecified atom stereocenters. The average Bonchev–Trinajstić information content (AvgIpc) is 3.16. The highest BCUT2D eigenvalue weighted by molar-refractivity contribution is 5.65. The summed E-state index contributed by atoms with van der Waals surface area (Å²) in [6.45, 7) is 21.5. The minimum atomic E-state index is -0.164. The number of aliphatic hydroxyl groups excluding tert-OH is 1. The molecule has 3 heteroatoms. The van der Waals surface area contributed by atoms with Gasteiger partial charge in [-0.15, -0.1) is 0 Å². The van der Waals surface area contributed by atoms with Crippen LogP contribution in [0.25, 0.3) is 0 Å². The minimum absolute atomic E-state index is 0.00826. The molecule has 0 saturated heterocycles. The molecule has 0 heterocycles. The van der Waals surface area contributed by atoms with Gasteiger partial charge in [-0.2, -0.15) is 0 Å². The largest absolute Gasteiger partial charge is 0.465 e. The number of hydrogen-bond donors (Lipinski definition) is 1. The van der Waals surface area contributed by atoms with Crippen LogP contribution in [0.1, 0.15) is 113 Å². The van der Waals surface area contributed by atoms with Crippen LogP contribution in [0, 0.1) is 56.7 Å². The van der Waals surface area contributed by atoms with Crippen LogP contribution in [0.2, 0.25) is 0 Å². The van der Waals surface area contributed by atoms with E-state index >= 15 is 0 Å². The van der Waals surface area contributed by atoms with Gasteiger partial charge in [0.05, 0.1) is 12.7 Å². The summed E-state index contributed by atoms with van der Waals surface area (Å²) in [5, 5.41) is 10.9. The number of carbonyl (C=O) groups is 1. The van der Waals surface area contributed by atoms with E-state index < -0.39 is 0 Å².